The number of aromatic nitrogens is 1. The second-order valence-corrected chi connectivity index (χ2v) is 8.24. The fourth-order valence-corrected chi connectivity index (χ4v) is 4.85. The van der Waals surface area contributed by atoms with E-state index in [1.54, 1.807) is 0 Å². The van der Waals surface area contributed by atoms with Gasteiger partial charge in [0.15, 0.2) is 5.13 Å². The largest absolute Gasteiger partial charge is 0.398 e. The van der Waals surface area contributed by atoms with Crippen molar-refractivity contribution in [3.05, 3.63) is 33.0 Å². The van der Waals surface area contributed by atoms with Crippen LogP contribution in [0.1, 0.15) is 17.0 Å². The summed E-state index contributed by atoms with van der Waals surface area (Å²) in [5.74, 6) is -0.868. The zero-order chi connectivity index (χ0) is 15.2. The molecule has 0 unspecified atom stereocenters. The molecule has 0 saturated heterocycles. The first-order valence-corrected chi connectivity index (χ1v) is 9.22. The van der Waals surface area contributed by atoms with E-state index in [9.17, 15) is 12.8 Å². The van der Waals surface area contributed by atoms with E-state index in [4.69, 9.17) is 5.73 Å². The molecule has 9 heteroatoms. The van der Waals surface area contributed by atoms with E-state index in [0.29, 0.717) is 4.47 Å². The molecule has 112 valence electrons. The standard InChI is InChI=1S/C12H11BrFN3O2S2/c13-6-4-7(14)11(5-8(6)15)21(18,19)17-12-16-9-2-1-3-10(9)20-12/h4-5H,1-3,15H2,(H,16,17). The number of anilines is 2. The zero-order valence-corrected chi connectivity index (χ0v) is 13.9. The molecule has 1 aliphatic carbocycles. The van der Waals surface area contributed by atoms with Gasteiger partial charge in [0.25, 0.3) is 10.0 Å². The van der Waals surface area contributed by atoms with E-state index >= 15 is 0 Å². The van der Waals surface area contributed by atoms with Crippen molar-refractivity contribution in [2.75, 3.05) is 10.5 Å². The molecule has 5 nitrogen and oxygen atoms in total. The first kappa shape index (κ1) is 14.7. The molecular formula is C12H11BrFN3O2S2. The van der Waals surface area contributed by atoms with Gasteiger partial charge in [0, 0.05) is 15.0 Å². The van der Waals surface area contributed by atoms with Crippen LogP contribution in [0.3, 0.4) is 0 Å². The van der Waals surface area contributed by atoms with Crippen molar-refractivity contribution in [2.24, 2.45) is 0 Å². The number of nitrogens with two attached hydrogens (primary N) is 1. The highest BCUT2D eigenvalue weighted by Crippen LogP contribution is 2.32. The van der Waals surface area contributed by atoms with Gasteiger partial charge in [-0.3, -0.25) is 4.72 Å². The molecule has 3 rings (SSSR count). The van der Waals surface area contributed by atoms with Crippen LogP contribution in [0.4, 0.5) is 15.2 Å². The summed E-state index contributed by atoms with van der Waals surface area (Å²) in [6.07, 6.45) is 2.81. The molecule has 0 amide bonds. The van der Waals surface area contributed by atoms with Crippen LogP contribution in [0.15, 0.2) is 21.5 Å². The number of hydrogen-bond donors (Lipinski definition) is 2. The number of nitrogen functional groups attached to an aromatic ring is 1. The Labute approximate surface area is 133 Å². The molecular weight excluding hydrogens is 381 g/mol. The van der Waals surface area contributed by atoms with E-state index in [0.717, 1.165) is 42.0 Å². The highest BCUT2D eigenvalue weighted by molar-refractivity contribution is 9.10. The predicted octanol–water partition coefficient (Wildman–Crippen LogP) is 2.92. The van der Waals surface area contributed by atoms with Crippen LogP contribution in [0, 0.1) is 5.82 Å². The molecule has 3 N–H and O–H groups in total. The number of benzene rings is 1. The monoisotopic (exact) mass is 391 g/mol. The molecule has 0 aliphatic heterocycles. The molecule has 0 fully saturated rings. The maximum Gasteiger partial charge on any atom is 0.266 e. The molecule has 0 spiro atoms. The Morgan fingerprint density at radius 2 is 2.14 bits per heavy atom. The quantitative estimate of drug-likeness (QED) is 0.787. The van der Waals surface area contributed by atoms with Gasteiger partial charge in [0.2, 0.25) is 0 Å². The minimum absolute atomic E-state index is 0.151. The van der Waals surface area contributed by atoms with E-state index < -0.39 is 20.7 Å². The van der Waals surface area contributed by atoms with Crippen molar-refractivity contribution in [1.82, 2.24) is 4.98 Å². The molecule has 1 aliphatic rings. The summed E-state index contributed by atoms with van der Waals surface area (Å²) in [6.45, 7) is 0. The number of nitrogens with one attached hydrogen (secondary N) is 1. The molecule has 1 heterocycles. The van der Waals surface area contributed by atoms with Crippen molar-refractivity contribution < 1.29 is 12.8 Å². The van der Waals surface area contributed by atoms with Crippen LogP contribution >= 0.6 is 27.3 Å². The molecule has 1 aromatic heterocycles. The lowest BCUT2D eigenvalue weighted by atomic mass is 10.3. The Balaban J connectivity index is 1.95. The third-order valence-electron chi connectivity index (χ3n) is 3.16. The Morgan fingerprint density at radius 1 is 1.38 bits per heavy atom. The maximum absolute atomic E-state index is 13.9. The molecule has 1 aromatic carbocycles. The summed E-state index contributed by atoms with van der Waals surface area (Å²) in [6, 6.07) is 2.12. The van der Waals surface area contributed by atoms with Crippen LogP contribution in [0.5, 0.6) is 0 Å². The number of rotatable bonds is 3. The fraction of sp³-hybridized carbons (Fsp3) is 0.250. The van der Waals surface area contributed by atoms with Gasteiger partial charge in [-0.2, -0.15) is 0 Å². The van der Waals surface area contributed by atoms with Crippen LogP contribution in [-0.2, 0) is 22.9 Å². The van der Waals surface area contributed by atoms with Crippen LogP contribution < -0.4 is 10.5 Å². The summed E-state index contributed by atoms with van der Waals surface area (Å²) in [4.78, 5) is 4.84. The maximum atomic E-state index is 13.9. The first-order chi connectivity index (χ1) is 9.87. The Kier molecular flexibility index (Phi) is 3.66. The minimum atomic E-state index is -4.05. The van der Waals surface area contributed by atoms with Gasteiger partial charge >= 0.3 is 0 Å². The number of nitrogens with zero attached hydrogens (tertiary/aromatic N) is 1. The number of aryl methyl sites for hydroxylation is 2. The second kappa shape index (κ2) is 5.22. The normalized spacial score (nSPS) is 14.2. The number of fused-ring (bicyclic) bond motifs is 1. The predicted molar refractivity (Wildman–Crippen MR) is 83.5 cm³/mol. The van der Waals surface area contributed by atoms with Crippen molar-refractivity contribution in [3.63, 3.8) is 0 Å². The van der Waals surface area contributed by atoms with E-state index in [-0.39, 0.29) is 10.8 Å². The summed E-state index contributed by atoms with van der Waals surface area (Å²) in [5, 5.41) is 0.264. The fourth-order valence-electron chi connectivity index (χ4n) is 2.15. The number of sulfonamides is 1. The zero-order valence-electron chi connectivity index (χ0n) is 10.7. The third kappa shape index (κ3) is 2.77. The smallest absolute Gasteiger partial charge is 0.266 e. The van der Waals surface area contributed by atoms with E-state index in [1.807, 2.05) is 0 Å². The topological polar surface area (TPSA) is 85.1 Å². The Bertz CT molecular complexity index is 799. The van der Waals surface area contributed by atoms with Gasteiger partial charge in [-0.05, 0) is 47.3 Å². The van der Waals surface area contributed by atoms with Gasteiger partial charge in [0.1, 0.15) is 10.7 Å². The molecule has 0 bridgehead atoms. The minimum Gasteiger partial charge on any atom is -0.398 e. The lowest BCUT2D eigenvalue weighted by Gasteiger charge is -2.08. The summed E-state index contributed by atoms with van der Waals surface area (Å²) < 4.78 is 41.0. The first-order valence-electron chi connectivity index (χ1n) is 6.13. The van der Waals surface area contributed by atoms with Crippen molar-refractivity contribution in [1.29, 1.82) is 0 Å². The molecule has 0 saturated carbocycles. The van der Waals surface area contributed by atoms with Gasteiger partial charge in [-0.1, -0.05) is 0 Å². The van der Waals surface area contributed by atoms with Crippen LogP contribution in [-0.4, -0.2) is 13.4 Å². The SMILES string of the molecule is Nc1cc(S(=O)(=O)Nc2nc3c(s2)CCC3)c(F)cc1Br. The van der Waals surface area contributed by atoms with E-state index in [2.05, 4.69) is 25.6 Å². The molecule has 21 heavy (non-hydrogen) atoms. The third-order valence-corrected chi connectivity index (χ3v) is 6.40. The number of thiazole rings is 1. The lowest BCUT2D eigenvalue weighted by molar-refractivity contribution is 0.570. The Morgan fingerprint density at radius 3 is 2.86 bits per heavy atom. The van der Waals surface area contributed by atoms with Crippen LogP contribution in [0.25, 0.3) is 0 Å². The number of halogens is 2. The van der Waals surface area contributed by atoms with Crippen LogP contribution in [0.2, 0.25) is 0 Å². The average molecular weight is 392 g/mol. The van der Waals surface area contributed by atoms with Crippen molar-refractivity contribution in [2.45, 2.75) is 24.2 Å². The molecule has 2 aromatic rings. The summed E-state index contributed by atoms with van der Waals surface area (Å²) in [5.41, 5.74) is 6.70. The molecule has 0 radical (unpaired) electrons. The summed E-state index contributed by atoms with van der Waals surface area (Å²) in [7, 11) is -4.05. The van der Waals surface area contributed by atoms with Crippen molar-refractivity contribution in [3.8, 4) is 0 Å². The Hall–Kier alpha value is -1.19. The van der Waals surface area contributed by atoms with Gasteiger partial charge < -0.3 is 5.73 Å². The number of hydrogen-bond acceptors (Lipinski definition) is 5. The second-order valence-electron chi connectivity index (χ2n) is 4.65. The van der Waals surface area contributed by atoms with E-state index in [1.165, 1.54) is 11.3 Å². The summed E-state index contributed by atoms with van der Waals surface area (Å²) >= 11 is 4.35. The van der Waals surface area contributed by atoms with Crippen molar-refractivity contribution >= 4 is 48.1 Å². The van der Waals surface area contributed by atoms with Gasteiger partial charge in [-0.15, -0.1) is 11.3 Å². The highest BCUT2D eigenvalue weighted by Gasteiger charge is 2.24. The lowest BCUT2D eigenvalue weighted by Crippen LogP contribution is -2.15. The average Bonchev–Trinajstić information content (AvgIpc) is 2.93. The van der Waals surface area contributed by atoms with Gasteiger partial charge in [0.05, 0.1) is 5.69 Å². The highest BCUT2D eigenvalue weighted by atomic mass is 79.9. The molecule has 0 atom stereocenters. The van der Waals surface area contributed by atoms with Gasteiger partial charge in [-0.25, -0.2) is 17.8 Å².